The zero-order valence-corrected chi connectivity index (χ0v) is 16.7. The van der Waals surface area contributed by atoms with Crippen molar-refractivity contribution in [3.05, 3.63) is 0 Å². The molecular formula is C16H28N2O6S2. The molecule has 2 aliphatic heterocycles. The number of fused-ring (bicyclic) bond motifs is 7. The minimum atomic E-state index is 0.0234. The first-order valence-corrected chi connectivity index (χ1v) is 11.1. The van der Waals surface area contributed by atoms with Gasteiger partial charge in [0.2, 0.25) is 11.8 Å². The summed E-state index contributed by atoms with van der Waals surface area (Å²) in [6, 6.07) is 0. The van der Waals surface area contributed by atoms with Crippen LogP contribution in [-0.4, -0.2) is 111 Å². The third-order valence-electron chi connectivity index (χ3n) is 3.83. The first-order valence-electron chi connectivity index (χ1n) is 8.79. The van der Waals surface area contributed by atoms with Gasteiger partial charge in [0.05, 0.1) is 44.5 Å². The van der Waals surface area contributed by atoms with Crippen LogP contribution in [0.15, 0.2) is 0 Å². The molecule has 10 heteroatoms. The molecule has 0 aromatic carbocycles. The molecule has 2 aliphatic rings. The minimum Gasteiger partial charge on any atom is -0.377 e. The Morgan fingerprint density at radius 2 is 1.19 bits per heavy atom. The molecule has 2 fully saturated rings. The van der Waals surface area contributed by atoms with Crippen LogP contribution < -0.4 is 0 Å². The van der Waals surface area contributed by atoms with Gasteiger partial charge in [0, 0.05) is 31.1 Å². The highest BCUT2D eigenvalue weighted by Gasteiger charge is 2.16. The van der Waals surface area contributed by atoms with Crippen molar-refractivity contribution < 1.29 is 28.5 Å². The molecule has 0 aliphatic carbocycles. The monoisotopic (exact) mass is 408 g/mol. The number of thioether (sulfide) groups is 2. The van der Waals surface area contributed by atoms with Gasteiger partial charge in [0.1, 0.15) is 13.5 Å². The maximum Gasteiger partial charge on any atom is 0.234 e. The third-order valence-corrected chi connectivity index (χ3v) is 5.98. The number of ether oxygens (including phenoxy) is 4. The summed E-state index contributed by atoms with van der Waals surface area (Å²) in [5.74, 6) is 2.61. The molecule has 2 bridgehead atoms. The number of hydrogen-bond acceptors (Lipinski definition) is 8. The summed E-state index contributed by atoms with van der Waals surface area (Å²) >= 11 is 3.18. The Morgan fingerprint density at radius 3 is 1.85 bits per heavy atom. The molecule has 2 saturated heterocycles. The molecule has 2 rings (SSSR count). The van der Waals surface area contributed by atoms with Gasteiger partial charge in [-0.15, -0.1) is 0 Å². The quantitative estimate of drug-likeness (QED) is 0.559. The summed E-state index contributed by atoms with van der Waals surface area (Å²) in [7, 11) is 0. The first-order chi connectivity index (χ1) is 12.8. The van der Waals surface area contributed by atoms with E-state index in [4.69, 9.17) is 18.9 Å². The average molecular weight is 409 g/mol. The SMILES string of the molecule is O=C1CSCCSCC(=O)N2CCOCCOCCN1CCOCOC2. The lowest BCUT2D eigenvalue weighted by atomic mass is 10.4. The Kier molecular flexibility index (Phi) is 11.4. The molecule has 26 heavy (non-hydrogen) atoms. The summed E-state index contributed by atoms with van der Waals surface area (Å²) in [5, 5.41) is 0. The van der Waals surface area contributed by atoms with E-state index in [1.54, 1.807) is 33.3 Å². The molecule has 0 aromatic rings. The van der Waals surface area contributed by atoms with Crippen molar-refractivity contribution in [2.45, 2.75) is 0 Å². The van der Waals surface area contributed by atoms with Crippen molar-refractivity contribution in [2.75, 3.05) is 89.2 Å². The fourth-order valence-electron chi connectivity index (χ4n) is 2.35. The number of amides is 2. The zero-order valence-electron chi connectivity index (χ0n) is 15.1. The van der Waals surface area contributed by atoms with Gasteiger partial charge in [-0.05, 0) is 0 Å². The number of nitrogens with zero attached hydrogens (tertiary/aromatic N) is 2. The highest BCUT2D eigenvalue weighted by Crippen LogP contribution is 2.10. The van der Waals surface area contributed by atoms with Gasteiger partial charge in [0.15, 0.2) is 0 Å². The van der Waals surface area contributed by atoms with Crippen molar-refractivity contribution in [2.24, 2.45) is 0 Å². The van der Waals surface area contributed by atoms with Crippen molar-refractivity contribution in [3.63, 3.8) is 0 Å². The largest absolute Gasteiger partial charge is 0.377 e. The highest BCUT2D eigenvalue weighted by atomic mass is 32.2. The van der Waals surface area contributed by atoms with Crippen LogP contribution in [-0.2, 0) is 28.5 Å². The van der Waals surface area contributed by atoms with E-state index >= 15 is 0 Å². The lowest BCUT2D eigenvalue weighted by molar-refractivity contribution is -0.144. The predicted molar refractivity (Wildman–Crippen MR) is 101 cm³/mol. The third kappa shape index (κ3) is 8.92. The molecule has 2 heterocycles. The lowest BCUT2D eigenvalue weighted by Crippen LogP contribution is -2.39. The fraction of sp³-hybridized carbons (Fsp3) is 0.875. The Labute approximate surface area is 163 Å². The highest BCUT2D eigenvalue weighted by molar-refractivity contribution is 8.03. The Hall–Kier alpha value is -0.520. The molecule has 0 unspecified atom stereocenters. The van der Waals surface area contributed by atoms with Gasteiger partial charge < -0.3 is 28.7 Å². The van der Waals surface area contributed by atoms with Crippen LogP contribution in [0.1, 0.15) is 0 Å². The Morgan fingerprint density at radius 1 is 0.654 bits per heavy atom. The molecular weight excluding hydrogens is 380 g/mol. The van der Waals surface area contributed by atoms with E-state index in [9.17, 15) is 9.59 Å². The lowest BCUT2D eigenvalue weighted by Gasteiger charge is -2.25. The molecule has 0 N–H and O–H groups in total. The number of rotatable bonds is 0. The smallest absolute Gasteiger partial charge is 0.234 e. The standard InChI is InChI=1S/C16H28N2O6S2/c19-15-11-25-9-10-26-12-16(20)18-3-5-22-8-7-21-4-1-17(15)2-6-23-14-24-13-18/h1-14H2. The van der Waals surface area contributed by atoms with Crippen LogP contribution in [0.25, 0.3) is 0 Å². The first kappa shape index (κ1) is 21.8. The molecule has 0 aromatic heterocycles. The fourth-order valence-corrected chi connectivity index (χ4v) is 4.30. The van der Waals surface area contributed by atoms with Gasteiger partial charge in [0.25, 0.3) is 0 Å². The molecule has 0 radical (unpaired) electrons. The van der Waals surface area contributed by atoms with Crippen LogP contribution in [0.4, 0.5) is 0 Å². The van der Waals surface area contributed by atoms with E-state index in [1.165, 1.54) is 0 Å². The normalized spacial score (nSPS) is 24.2. The van der Waals surface area contributed by atoms with Crippen LogP contribution in [0.5, 0.6) is 0 Å². The Balaban J connectivity index is 2.00. The molecule has 0 saturated carbocycles. The van der Waals surface area contributed by atoms with E-state index in [0.29, 0.717) is 64.2 Å². The van der Waals surface area contributed by atoms with Crippen LogP contribution in [0, 0.1) is 0 Å². The van der Waals surface area contributed by atoms with Crippen molar-refractivity contribution in [3.8, 4) is 0 Å². The zero-order chi connectivity index (χ0) is 18.5. The summed E-state index contributed by atoms with van der Waals surface area (Å²) in [6.07, 6.45) is 0. The van der Waals surface area contributed by atoms with Gasteiger partial charge in [-0.2, -0.15) is 23.5 Å². The number of carbonyl (C=O) groups excluding carboxylic acids is 2. The minimum absolute atomic E-state index is 0.0234. The Bertz CT molecular complexity index is 392. The number of carbonyl (C=O) groups is 2. The van der Waals surface area contributed by atoms with Crippen molar-refractivity contribution in [1.29, 1.82) is 0 Å². The van der Waals surface area contributed by atoms with E-state index < -0.39 is 0 Å². The second-order valence-corrected chi connectivity index (χ2v) is 7.94. The van der Waals surface area contributed by atoms with E-state index in [0.717, 1.165) is 11.5 Å². The van der Waals surface area contributed by atoms with Crippen molar-refractivity contribution >= 4 is 35.3 Å². The predicted octanol–water partition coefficient (Wildman–Crippen LogP) is 0.119. The number of hydrogen-bond donors (Lipinski definition) is 0. The van der Waals surface area contributed by atoms with Crippen LogP contribution in [0.2, 0.25) is 0 Å². The van der Waals surface area contributed by atoms with E-state index in [2.05, 4.69) is 0 Å². The maximum absolute atomic E-state index is 12.4. The molecule has 2 amide bonds. The summed E-state index contributed by atoms with van der Waals surface area (Å²) in [6.45, 7) is 4.02. The van der Waals surface area contributed by atoms with E-state index in [1.807, 2.05) is 0 Å². The second-order valence-electron chi connectivity index (χ2n) is 5.73. The van der Waals surface area contributed by atoms with Gasteiger partial charge in [-0.25, -0.2) is 0 Å². The van der Waals surface area contributed by atoms with Gasteiger partial charge >= 0.3 is 0 Å². The van der Waals surface area contributed by atoms with Gasteiger partial charge in [-0.1, -0.05) is 0 Å². The van der Waals surface area contributed by atoms with Crippen molar-refractivity contribution in [1.82, 2.24) is 9.80 Å². The molecule has 0 spiro atoms. The van der Waals surface area contributed by atoms with Crippen LogP contribution >= 0.6 is 23.5 Å². The second kappa shape index (κ2) is 13.6. The van der Waals surface area contributed by atoms with E-state index in [-0.39, 0.29) is 25.3 Å². The topological polar surface area (TPSA) is 77.5 Å². The van der Waals surface area contributed by atoms with Gasteiger partial charge in [-0.3, -0.25) is 9.59 Å². The molecule has 150 valence electrons. The summed E-state index contributed by atoms with van der Waals surface area (Å²) < 4.78 is 22.0. The van der Waals surface area contributed by atoms with Crippen LogP contribution in [0.3, 0.4) is 0 Å². The molecule has 0 atom stereocenters. The maximum atomic E-state index is 12.4. The summed E-state index contributed by atoms with van der Waals surface area (Å²) in [5.41, 5.74) is 0. The summed E-state index contributed by atoms with van der Waals surface area (Å²) in [4.78, 5) is 28.2. The molecule has 8 nitrogen and oxygen atoms in total. The average Bonchev–Trinajstić information content (AvgIpc) is 2.63.